The lowest BCUT2D eigenvalue weighted by atomic mass is 9.45. The van der Waals surface area contributed by atoms with E-state index in [1.807, 2.05) is 19.9 Å². The number of aliphatic hydroxyl groups excluding tert-OH is 3. The molecule has 7 heteroatoms. The second kappa shape index (κ2) is 6.11. The van der Waals surface area contributed by atoms with Crippen molar-refractivity contribution in [2.75, 3.05) is 6.61 Å². The predicted octanol–water partition coefficient (Wildman–Crippen LogP) is 0.963. The number of aliphatic hydroxyl groups is 3. The van der Waals surface area contributed by atoms with Gasteiger partial charge in [-0.3, -0.25) is 9.59 Å². The second-order valence-corrected chi connectivity index (χ2v) is 10.2. The highest BCUT2D eigenvalue weighted by molar-refractivity contribution is 6.01. The molecular formula is C23H29NO6. The zero-order chi connectivity index (χ0) is 21.6. The number of carbonyl (C=O) groups excluding carboxylic acids is 2. The highest BCUT2D eigenvalue weighted by Crippen LogP contribution is 2.69. The van der Waals surface area contributed by atoms with Crippen LogP contribution in [0, 0.1) is 28.6 Å². The third-order valence-electron chi connectivity index (χ3n) is 8.92. The molecule has 0 spiro atoms. The molecule has 7 nitrogen and oxygen atoms in total. The average molecular weight is 415 g/mol. The highest BCUT2D eigenvalue weighted by Gasteiger charge is 2.74. The molecule has 0 aromatic heterocycles. The first-order valence-electron chi connectivity index (χ1n) is 10.8. The van der Waals surface area contributed by atoms with Gasteiger partial charge in [0.1, 0.15) is 12.7 Å². The number of hydrogen-bond acceptors (Lipinski definition) is 7. The monoisotopic (exact) mass is 415 g/mol. The number of ketones is 2. The molecule has 0 saturated heterocycles. The lowest BCUT2D eigenvalue weighted by Crippen LogP contribution is -2.63. The van der Waals surface area contributed by atoms with E-state index in [0.717, 1.165) is 0 Å². The van der Waals surface area contributed by atoms with Crippen LogP contribution in [-0.4, -0.2) is 63.2 Å². The van der Waals surface area contributed by atoms with Gasteiger partial charge in [-0.05, 0) is 48.8 Å². The van der Waals surface area contributed by atoms with Crippen molar-refractivity contribution in [1.29, 1.82) is 0 Å². The number of allylic oxidation sites excluding steroid dienone is 3. The van der Waals surface area contributed by atoms with E-state index < -0.39 is 41.3 Å². The molecule has 5 aliphatic rings. The number of Topliss-reactive ketones (excluding diaryl/α,β-unsaturated/α-hetero) is 1. The average Bonchev–Trinajstić information content (AvgIpc) is 3.13. The van der Waals surface area contributed by atoms with E-state index in [9.17, 15) is 24.9 Å². The minimum Gasteiger partial charge on any atom is -0.475 e. The maximum absolute atomic E-state index is 13.1. The summed E-state index contributed by atoms with van der Waals surface area (Å²) < 4.78 is 5.96. The van der Waals surface area contributed by atoms with Gasteiger partial charge in [0.15, 0.2) is 23.0 Å². The number of ether oxygens (including phenoxy) is 1. The van der Waals surface area contributed by atoms with E-state index in [-0.39, 0.29) is 29.3 Å². The van der Waals surface area contributed by atoms with E-state index in [1.54, 1.807) is 6.92 Å². The minimum atomic E-state index is -1.21. The van der Waals surface area contributed by atoms with Crippen LogP contribution < -0.4 is 0 Å². The number of nitrogens with zero attached hydrogens (tertiary/aromatic N) is 1. The van der Waals surface area contributed by atoms with Crippen LogP contribution in [0.1, 0.15) is 40.0 Å². The Hall–Kier alpha value is -1.83. The van der Waals surface area contributed by atoms with Crippen molar-refractivity contribution >= 4 is 17.5 Å². The van der Waals surface area contributed by atoms with Crippen LogP contribution in [0.3, 0.4) is 0 Å². The molecule has 0 amide bonds. The second-order valence-electron chi connectivity index (χ2n) is 10.2. The lowest BCUT2D eigenvalue weighted by Gasteiger charge is -2.60. The first-order chi connectivity index (χ1) is 14.1. The van der Waals surface area contributed by atoms with E-state index in [4.69, 9.17) is 4.74 Å². The zero-order valence-electron chi connectivity index (χ0n) is 17.5. The van der Waals surface area contributed by atoms with E-state index in [2.05, 4.69) is 4.99 Å². The van der Waals surface area contributed by atoms with Crippen molar-refractivity contribution in [3.05, 3.63) is 23.8 Å². The molecule has 0 aromatic carbocycles. The van der Waals surface area contributed by atoms with Crippen molar-refractivity contribution in [1.82, 2.24) is 0 Å². The molecule has 30 heavy (non-hydrogen) atoms. The lowest BCUT2D eigenvalue weighted by molar-refractivity contribution is -0.150. The fourth-order valence-corrected chi connectivity index (χ4v) is 7.86. The molecule has 1 aliphatic heterocycles. The number of fused-ring (bicyclic) bond motifs is 7. The molecule has 162 valence electrons. The fraction of sp³-hybridized carbons (Fsp3) is 0.696. The SMILES string of the molecule is CC1=N[C@@]2(C(=O)CO)[C@@H](C[C@@H]3[C@@H]4C[C@H](O)C5=CC(=O)C=C[C@]5(C)[C@@H]4[C@@H](O)C[C@@]32C)O1. The predicted molar refractivity (Wildman–Crippen MR) is 108 cm³/mol. The van der Waals surface area contributed by atoms with Crippen LogP contribution in [0.4, 0.5) is 0 Å². The summed E-state index contributed by atoms with van der Waals surface area (Å²) >= 11 is 0. The van der Waals surface area contributed by atoms with Gasteiger partial charge in [0, 0.05) is 23.7 Å². The number of hydrogen-bond donors (Lipinski definition) is 3. The Labute approximate surface area is 175 Å². The summed E-state index contributed by atoms with van der Waals surface area (Å²) in [7, 11) is 0. The van der Waals surface area contributed by atoms with Crippen molar-refractivity contribution in [2.45, 2.75) is 63.9 Å². The first kappa shape index (κ1) is 20.1. The molecule has 5 rings (SSSR count). The summed E-state index contributed by atoms with van der Waals surface area (Å²) in [4.78, 5) is 29.7. The van der Waals surface area contributed by atoms with Gasteiger partial charge in [0.05, 0.1) is 12.2 Å². The number of aliphatic imine (C=N–C) groups is 1. The highest BCUT2D eigenvalue weighted by atomic mass is 16.5. The molecule has 3 fully saturated rings. The summed E-state index contributed by atoms with van der Waals surface area (Å²) in [6.07, 6.45) is 4.23. The van der Waals surface area contributed by atoms with Crippen LogP contribution in [0.15, 0.2) is 28.8 Å². The van der Waals surface area contributed by atoms with E-state index in [1.165, 1.54) is 12.2 Å². The van der Waals surface area contributed by atoms with Gasteiger partial charge >= 0.3 is 0 Å². The number of rotatable bonds is 2. The summed E-state index contributed by atoms with van der Waals surface area (Å²) in [5.41, 5.74) is -1.85. The molecule has 3 N–H and O–H groups in total. The molecule has 0 radical (unpaired) electrons. The first-order valence-corrected chi connectivity index (χ1v) is 10.8. The molecule has 0 bridgehead atoms. The van der Waals surface area contributed by atoms with E-state index >= 15 is 0 Å². The summed E-state index contributed by atoms with van der Waals surface area (Å²) in [5.74, 6) is -0.334. The molecule has 4 aliphatic carbocycles. The Balaban J connectivity index is 1.63. The van der Waals surface area contributed by atoms with Gasteiger partial charge in [-0.25, -0.2) is 4.99 Å². The minimum absolute atomic E-state index is 0.0118. The third-order valence-corrected chi connectivity index (χ3v) is 8.92. The molecule has 0 aromatic rings. The summed E-state index contributed by atoms with van der Waals surface area (Å²) in [6, 6.07) is 0. The Morgan fingerprint density at radius 1 is 1.30 bits per heavy atom. The molecule has 0 unspecified atom stereocenters. The molecule has 9 atom stereocenters. The smallest absolute Gasteiger partial charge is 0.190 e. The van der Waals surface area contributed by atoms with Crippen molar-refractivity contribution in [3.63, 3.8) is 0 Å². The molecular weight excluding hydrogens is 386 g/mol. The van der Waals surface area contributed by atoms with Crippen molar-refractivity contribution in [2.24, 2.45) is 33.6 Å². The quantitative estimate of drug-likeness (QED) is 0.619. The van der Waals surface area contributed by atoms with Crippen LogP contribution in [0.5, 0.6) is 0 Å². The van der Waals surface area contributed by atoms with Gasteiger partial charge in [0.25, 0.3) is 0 Å². The number of carbonyl (C=O) groups is 2. The molecule has 3 saturated carbocycles. The largest absolute Gasteiger partial charge is 0.475 e. The standard InChI is InChI=1S/C23H29NO6/c1-11-24-23(18(29)10-25)19(30-11)8-14-13-7-16(27)15-6-12(26)4-5-21(15,2)20(13)17(28)9-22(14,23)3/h4-6,13-14,16-17,19-20,25,27-28H,7-10H2,1-3H3/t13-,14+,16-,17-,19+,20-,21-,22-,23-/m0/s1. The summed E-state index contributed by atoms with van der Waals surface area (Å²) in [6.45, 7) is 5.06. The summed E-state index contributed by atoms with van der Waals surface area (Å²) in [5, 5.41) is 32.2. The maximum Gasteiger partial charge on any atom is 0.190 e. The Morgan fingerprint density at radius 3 is 2.73 bits per heavy atom. The Kier molecular flexibility index (Phi) is 4.09. The maximum atomic E-state index is 13.1. The molecule has 1 heterocycles. The normalized spacial score (nSPS) is 51.2. The Morgan fingerprint density at radius 2 is 2.03 bits per heavy atom. The fourth-order valence-electron chi connectivity index (χ4n) is 7.86. The van der Waals surface area contributed by atoms with Crippen LogP contribution in [0.25, 0.3) is 0 Å². The van der Waals surface area contributed by atoms with Crippen molar-refractivity contribution < 1.29 is 29.6 Å². The van der Waals surface area contributed by atoms with Crippen LogP contribution >= 0.6 is 0 Å². The topological polar surface area (TPSA) is 116 Å². The van der Waals surface area contributed by atoms with Crippen molar-refractivity contribution in [3.8, 4) is 0 Å². The van der Waals surface area contributed by atoms with Gasteiger partial charge in [-0.15, -0.1) is 0 Å². The van der Waals surface area contributed by atoms with Crippen LogP contribution in [-0.2, 0) is 14.3 Å². The van der Waals surface area contributed by atoms with E-state index in [0.29, 0.717) is 30.7 Å². The van der Waals surface area contributed by atoms with Gasteiger partial charge in [0.2, 0.25) is 0 Å². The van der Waals surface area contributed by atoms with Crippen LogP contribution in [0.2, 0.25) is 0 Å². The third kappa shape index (κ3) is 2.18. The zero-order valence-corrected chi connectivity index (χ0v) is 17.5. The van der Waals surface area contributed by atoms with Gasteiger partial charge in [-0.2, -0.15) is 0 Å². The van der Waals surface area contributed by atoms with Gasteiger partial charge in [-0.1, -0.05) is 19.9 Å². The Bertz CT molecular complexity index is 923. The van der Waals surface area contributed by atoms with Gasteiger partial charge < -0.3 is 20.1 Å².